The number of hydrogen-bond donors (Lipinski definition) is 1. The normalized spacial score (nSPS) is 15.8. The molecule has 0 amide bonds. The number of anilines is 1. The molecule has 1 aliphatic heterocycles. The number of ether oxygens (including phenoxy) is 2. The molecule has 1 aliphatic rings. The number of nitrogens with zero attached hydrogens (tertiary/aromatic N) is 2. The van der Waals surface area contributed by atoms with Crippen LogP contribution in [-0.4, -0.2) is 31.0 Å². The van der Waals surface area contributed by atoms with E-state index in [1.807, 2.05) is 23.6 Å². The van der Waals surface area contributed by atoms with Gasteiger partial charge in [0.15, 0.2) is 5.17 Å². The number of amidine groups is 1. The first-order chi connectivity index (χ1) is 14.1. The quantitative estimate of drug-likeness (QED) is 0.548. The zero-order valence-corrected chi connectivity index (χ0v) is 17.9. The van der Waals surface area contributed by atoms with Gasteiger partial charge >= 0.3 is 0 Å². The lowest BCUT2D eigenvalue weighted by atomic mass is 10.1. The molecule has 10 heteroatoms. The lowest BCUT2D eigenvalue weighted by Crippen LogP contribution is -2.32. The van der Waals surface area contributed by atoms with Gasteiger partial charge in [-0.3, -0.25) is 10.2 Å². The van der Waals surface area contributed by atoms with Crippen molar-refractivity contribution < 1.29 is 18.7 Å². The molecule has 0 unspecified atom stereocenters. The smallest absolute Gasteiger partial charge is 0.216 e. The van der Waals surface area contributed by atoms with Crippen molar-refractivity contribution >= 4 is 51.1 Å². The van der Waals surface area contributed by atoms with Crippen LogP contribution in [0.15, 0.2) is 45.2 Å². The summed E-state index contributed by atoms with van der Waals surface area (Å²) in [5.74, 6) is 2.37. The molecule has 3 aromatic rings. The minimum Gasteiger partial charge on any atom is -0.496 e. The molecule has 29 heavy (non-hydrogen) atoms. The number of hydrogen-bond acceptors (Lipinski definition) is 8. The van der Waals surface area contributed by atoms with Crippen molar-refractivity contribution in [1.29, 1.82) is 5.41 Å². The van der Waals surface area contributed by atoms with E-state index in [9.17, 15) is 0 Å². The molecule has 2 aromatic heterocycles. The standard InChI is InChI=1S/C19H16ClN3O4S2/c1-24-16-9-14(20)17(25-2)8-13(16)15-4-3-11(27-15)7-12-10-26-23(18(21)29-12)19-22-5-6-28-19/h3-9,21H,10H2,1-2H3/b12-7-,21-18?. The van der Waals surface area contributed by atoms with E-state index < -0.39 is 0 Å². The van der Waals surface area contributed by atoms with Gasteiger partial charge < -0.3 is 13.9 Å². The summed E-state index contributed by atoms with van der Waals surface area (Å²) in [4.78, 5) is 10.7. The van der Waals surface area contributed by atoms with E-state index in [0.717, 1.165) is 10.5 Å². The van der Waals surface area contributed by atoms with Crippen molar-refractivity contribution in [3.8, 4) is 22.8 Å². The van der Waals surface area contributed by atoms with Gasteiger partial charge in [0.1, 0.15) is 29.6 Å². The van der Waals surface area contributed by atoms with Crippen LogP contribution in [0, 0.1) is 5.41 Å². The lowest BCUT2D eigenvalue weighted by Gasteiger charge is -2.26. The Bertz CT molecular complexity index is 1070. The van der Waals surface area contributed by atoms with Crippen molar-refractivity contribution in [2.24, 2.45) is 0 Å². The predicted molar refractivity (Wildman–Crippen MR) is 116 cm³/mol. The van der Waals surface area contributed by atoms with Gasteiger partial charge in [-0.1, -0.05) is 23.4 Å². The second kappa shape index (κ2) is 8.50. The zero-order valence-electron chi connectivity index (χ0n) is 15.5. The van der Waals surface area contributed by atoms with E-state index in [-0.39, 0.29) is 5.17 Å². The molecule has 1 saturated heterocycles. The maximum Gasteiger partial charge on any atom is 0.216 e. The number of benzene rings is 1. The Labute approximate surface area is 180 Å². The van der Waals surface area contributed by atoms with Crippen LogP contribution in [0.5, 0.6) is 11.5 Å². The van der Waals surface area contributed by atoms with Gasteiger partial charge in [-0.2, -0.15) is 5.06 Å². The number of hydroxylamine groups is 1. The fourth-order valence-electron chi connectivity index (χ4n) is 2.70. The molecule has 1 N–H and O–H groups in total. The summed E-state index contributed by atoms with van der Waals surface area (Å²) in [5, 5.41) is 12.8. The summed E-state index contributed by atoms with van der Waals surface area (Å²) in [5.41, 5.74) is 0.730. The van der Waals surface area contributed by atoms with E-state index in [1.54, 1.807) is 32.5 Å². The number of aromatic nitrogens is 1. The number of rotatable bonds is 5. The van der Waals surface area contributed by atoms with Gasteiger partial charge in [-0.05, 0) is 24.3 Å². The van der Waals surface area contributed by atoms with Crippen LogP contribution in [0.4, 0.5) is 5.13 Å². The third-order valence-corrected chi connectivity index (χ3v) is 5.90. The molecule has 3 heterocycles. The highest BCUT2D eigenvalue weighted by Gasteiger charge is 2.24. The zero-order chi connectivity index (χ0) is 20.4. The Hall–Kier alpha value is -2.46. The van der Waals surface area contributed by atoms with Crippen LogP contribution in [0.1, 0.15) is 5.76 Å². The Morgan fingerprint density at radius 2 is 2.07 bits per heavy atom. The summed E-state index contributed by atoms with van der Waals surface area (Å²) < 4.78 is 16.7. The van der Waals surface area contributed by atoms with Crippen molar-refractivity contribution in [3.63, 3.8) is 0 Å². The Morgan fingerprint density at radius 1 is 1.24 bits per heavy atom. The second-order valence-electron chi connectivity index (χ2n) is 5.79. The highest BCUT2D eigenvalue weighted by molar-refractivity contribution is 8.17. The predicted octanol–water partition coefficient (Wildman–Crippen LogP) is 5.53. The molecule has 0 spiro atoms. The maximum absolute atomic E-state index is 8.19. The highest BCUT2D eigenvalue weighted by Crippen LogP contribution is 2.39. The number of thiazole rings is 1. The molecule has 0 radical (unpaired) electrons. The Balaban J connectivity index is 1.55. The van der Waals surface area contributed by atoms with Crippen LogP contribution in [0.25, 0.3) is 17.4 Å². The molecular weight excluding hydrogens is 434 g/mol. The first-order valence-corrected chi connectivity index (χ1v) is 10.5. The van der Waals surface area contributed by atoms with Gasteiger partial charge in [0.2, 0.25) is 5.13 Å². The van der Waals surface area contributed by atoms with Crippen molar-refractivity contribution in [2.75, 3.05) is 25.9 Å². The van der Waals surface area contributed by atoms with Gasteiger partial charge in [0, 0.05) is 22.5 Å². The number of halogens is 1. The van der Waals surface area contributed by atoms with Crippen LogP contribution in [0.3, 0.4) is 0 Å². The Morgan fingerprint density at radius 3 is 2.76 bits per heavy atom. The highest BCUT2D eigenvalue weighted by atomic mass is 35.5. The summed E-state index contributed by atoms with van der Waals surface area (Å²) in [6, 6.07) is 7.16. The molecule has 0 atom stereocenters. The van der Waals surface area contributed by atoms with E-state index in [4.69, 9.17) is 35.7 Å². The van der Waals surface area contributed by atoms with Crippen LogP contribution in [0.2, 0.25) is 5.02 Å². The summed E-state index contributed by atoms with van der Waals surface area (Å²) in [7, 11) is 3.13. The van der Waals surface area contributed by atoms with E-state index in [2.05, 4.69) is 4.98 Å². The number of nitrogens with one attached hydrogen (secondary N) is 1. The molecule has 0 saturated carbocycles. The first kappa shape index (κ1) is 19.8. The number of thioether (sulfide) groups is 1. The molecule has 0 bridgehead atoms. The average Bonchev–Trinajstić information content (AvgIpc) is 3.40. The number of methoxy groups -OCH3 is 2. The minimum atomic E-state index is 0.244. The summed E-state index contributed by atoms with van der Waals surface area (Å²) in [6.45, 7) is 0.320. The molecular formula is C19H16ClN3O4S2. The number of furan rings is 1. The van der Waals surface area contributed by atoms with Gasteiger partial charge in [0.05, 0.1) is 24.8 Å². The van der Waals surface area contributed by atoms with Gasteiger partial charge in [-0.25, -0.2) is 4.98 Å². The van der Waals surface area contributed by atoms with Gasteiger partial charge in [-0.15, -0.1) is 11.3 Å². The van der Waals surface area contributed by atoms with E-state index in [1.165, 1.54) is 28.2 Å². The van der Waals surface area contributed by atoms with Crippen molar-refractivity contribution in [3.05, 3.63) is 51.5 Å². The maximum atomic E-state index is 8.19. The fraction of sp³-hybridized carbons (Fsp3) is 0.158. The summed E-state index contributed by atoms with van der Waals surface area (Å²) >= 11 is 8.89. The molecule has 1 fully saturated rings. The molecule has 1 aromatic carbocycles. The third-order valence-electron chi connectivity index (χ3n) is 4.01. The second-order valence-corrected chi connectivity index (χ2v) is 8.18. The van der Waals surface area contributed by atoms with Crippen LogP contribution < -0.4 is 14.5 Å². The van der Waals surface area contributed by atoms with E-state index >= 15 is 0 Å². The summed E-state index contributed by atoms with van der Waals surface area (Å²) in [6.07, 6.45) is 3.53. The topological polar surface area (TPSA) is 80.8 Å². The average molecular weight is 450 g/mol. The molecule has 7 nitrogen and oxygen atoms in total. The van der Waals surface area contributed by atoms with Crippen LogP contribution in [-0.2, 0) is 4.84 Å². The van der Waals surface area contributed by atoms with Gasteiger partial charge in [0.25, 0.3) is 0 Å². The minimum absolute atomic E-state index is 0.244. The first-order valence-electron chi connectivity index (χ1n) is 8.40. The fourth-order valence-corrected chi connectivity index (χ4v) is 4.35. The third kappa shape index (κ3) is 4.13. The largest absolute Gasteiger partial charge is 0.496 e. The Kier molecular flexibility index (Phi) is 5.81. The molecule has 150 valence electrons. The van der Waals surface area contributed by atoms with Crippen molar-refractivity contribution in [2.45, 2.75) is 0 Å². The molecule has 0 aliphatic carbocycles. The lowest BCUT2D eigenvalue weighted by molar-refractivity contribution is 0.169. The van der Waals surface area contributed by atoms with Crippen LogP contribution >= 0.6 is 34.7 Å². The monoisotopic (exact) mass is 449 g/mol. The molecule has 4 rings (SSSR count). The SMILES string of the molecule is COc1cc(-c2ccc(/C=C3/CON(c4nccs4)C(=N)S3)o2)c(OC)cc1Cl. The van der Waals surface area contributed by atoms with Crippen molar-refractivity contribution in [1.82, 2.24) is 4.98 Å². The van der Waals surface area contributed by atoms with E-state index in [0.29, 0.717) is 39.8 Å².